The van der Waals surface area contributed by atoms with E-state index in [0.29, 0.717) is 23.4 Å². The third-order valence-corrected chi connectivity index (χ3v) is 3.41. The van der Waals surface area contributed by atoms with Crippen LogP contribution in [0.3, 0.4) is 0 Å². The molecule has 0 aromatic heterocycles. The summed E-state index contributed by atoms with van der Waals surface area (Å²) in [7, 11) is 0. The summed E-state index contributed by atoms with van der Waals surface area (Å²) < 4.78 is 5.60. The summed E-state index contributed by atoms with van der Waals surface area (Å²) >= 11 is 6.14. The maximum absolute atomic E-state index is 11.7. The summed E-state index contributed by atoms with van der Waals surface area (Å²) in [6.45, 7) is 2.14. The van der Waals surface area contributed by atoms with E-state index in [9.17, 15) is 9.59 Å². The van der Waals surface area contributed by atoms with E-state index < -0.39 is 18.0 Å². The molecule has 0 radical (unpaired) electrons. The molecule has 1 unspecified atom stereocenters. The van der Waals surface area contributed by atoms with E-state index in [1.165, 1.54) is 19.8 Å². The molecule has 2 rings (SSSR count). The lowest BCUT2D eigenvalue weighted by atomic mass is 10.2. The van der Waals surface area contributed by atoms with E-state index in [4.69, 9.17) is 22.1 Å². The Morgan fingerprint density at radius 2 is 2.19 bits per heavy atom. The largest absolute Gasteiger partial charge is 0.479 e. The average Bonchev–Trinajstić information content (AvgIpc) is 3.22. The number of benzene rings is 1. The number of hydrogen-bond acceptors (Lipinski definition) is 4. The standard InChI is InChI=1S/C14H18ClN3O3/c1-8(13(19)18-14(16)20)21-12-9(3-2-4-11(12)15)7-17-10-5-6-10/h2-4,8,10,17H,5-7H2,1H3,(H3,16,18,19,20). The van der Waals surface area contributed by atoms with Crippen molar-refractivity contribution in [3.05, 3.63) is 28.8 Å². The van der Waals surface area contributed by atoms with Crippen LogP contribution in [0.15, 0.2) is 18.2 Å². The van der Waals surface area contributed by atoms with Crippen molar-refractivity contribution >= 4 is 23.5 Å². The third-order valence-electron chi connectivity index (χ3n) is 3.12. The van der Waals surface area contributed by atoms with Crippen LogP contribution >= 0.6 is 11.6 Å². The van der Waals surface area contributed by atoms with Crippen LogP contribution in [-0.4, -0.2) is 24.1 Å². The van der Waals surface area contributed by atoms with Gasteiger partial charge in [0.1, 0.15) is 5.75 Å². The zero-order chi connectivity index (χ0) is 15.4. The molecule has 1 aromatic rings. The first kappa shape index (κ1) is 15.6. The van der Waals surface area contributed by atoms with Gasteiger partial charge in [-0.2, -0.15) is 0 Å². The van der Waals surface area contributed by atoms with Crippen molar-refractivity contribution in [3.8, 4) is 5.75 Å². The summed E-state index contributed by atoms with van der Waals surface area (Å²) in [5.41, 5.74) is 5.78. The highest BCUT2D eigenvalue weighted by atomic mass is 35.5. The van der Waals surface area contributed by atoms with Crippen molar-refractivity contribution in [1.29, 1.82) is 0 Å². The van der Waals surface area contributed by atoms with Crippen LogP contribution in [0.2, 0.25) is 5.02 Å². The molecule has 1 atom stereocenters. The van der Waals surface area contributed by atoms with Crippen molar-refractivity contribution < 1.29 is 14.3 Å². The fourth-order valence-corrected chi connectivity index (χ4v) is 2.06. The van der Waals surface area contributed by atoms with Crippen molar-refractivity contribution in [2.24, 2.45) is 5.73 Å². The Hall–Kier alpha value is -1.79. The van der Waals surface area contributed by atoms with E-state index in [0.717, 1.165) is 5.56 Å². The summed E-state index contributed by atoms with van der Waals surface area (Å²) in [5, 5.41) is 5.76. The molecule has 0 saturated heterocycles. The quantitative estimate of drug-likeness (QED) is 0.743. The second kappa shape index (κ2) is 6.78. The number of nitrogens with one attached hydrogen (secondary N) is 2. The Kier molecular flexibility index (Phi) is 5.03. The average molecular weight is 312 g/mol. The molecule has 1 fully saturated rings. The normalized spacial score (nSPS) is 15.3. The van der Waals surface area contributed by atoms with Gasteiger partial charge in [-0.05, 0) is 25.8 Å². The Balaban J connectivity index is 2.06. The van der Waals surface area contributed by atoms with E-state index in [1.54, 1.807) is 6.07 Å². The first-order valence-electron chi connectivity index (χ1n) is 6.75. The van der Waals surface area contributed by atoms with Crippen molar-refractivity contribution in [2.45, 2.75) is 38.5 Å². The minimum absolute atomic E-state index is 0.420. The zero-order valence-corrected chi connectivity index (χ0v) is 12.4. The lowest BCUT2D eigenvalue weighted by Gasteiger charge is -2.18. The number of urea groups is 1. The highest BCUT2D eigenvalue weighted by Crippen LogP contribution is 2.30. The number of halogens is 1. The van der Waals surface area contributed by atoms with E-state index in [1.807, 2.05) is 17.4 Å². The molecule has 1 aliphatic rings. The van der Waals surface area contributed by atoms with Gasteiger partial charge in [-0.25, -0.2) is 4.79 Å². The van der Waals surface area contributed by atoms with Gasteiger partial charge in [0.25, 0.3) is 5.91 Å². The van der Waals surface area contributed by atoms with Gasteiger partial charge in [-0.3, -0.25) is 10.1 Å². The predicted molar refractivity (Wildman–Crippen MR) is 79.1 cm³/mol. The van der Waals surface area contributed by atoms with Gasteiger partial charge >= 0.3 is 6.03 Å². The van der Waals surface area contributed by atoms with Crippen molar-refractivity contribution in [2.75, 3.05) is 0 Å². The SMILES string of the molecule is CC(Oc1c(Cl)cccc1CNC1CC1)C(=O)NC(N)=O. The van der Waals surface area contributed by atoms with Gasteiger partial charge in [-0.15, -0.1) is 0 Å². The van der Waals surface area contributed by atoms with Crippen LogP contribution in [0.4, 0.5) is 4.79 Å². The number of carbonyl (C=O) groups excluding carboxylic acids is 2. The molecule has 4 N–H and O–H groups in total. The molecule has 0 heterocycles. The summed E-state index contributed by atoms with van der Waals surface area (Å²) in [5.74, 6) is -0.164. The van der Waals surface area contributed by atoms with E-state index in [2.05, 4.69) is 5.32 Å². The van der Waals surface area contributed by atoms with Crippen molar-refractivity contribution in [3.63, 3.8) is 0 Å². The highest BCUT2D eigenvalue weighted by molar-refractivity contribution is 6.32. The topological polar surface area (TPSA) is 93.4 Å². The number of rotatable bonds is 6. The van der Waals surface area contributed by atoms with Gasteiger partial charge in [0, 0.05) is 18.2 Å². The summed E-state index contributed by atoms with van der Waals surface area (Å²) in [6, 6.07) is 5.04. The molecule has 114 valence electrons. The molecule has 7 heteroatoms. The van der Waals surface area contributed by atoms with Crippen LogP contribution in [0.5, 0.6) is 5.75 Å². The summed E-state index contributed by atoms with van der Waals surface area (Å²) in [6.07, 6.45) is 1.47. The molecule has 1 aliphatic carbocycles. The molecule has 1 saturated carbocycles. The van der Waals surface area contributed by atoms with Crippen LogP contribution in [0, 0.1) is 0 Å². The first-order valence-corrected chi connectivity index (χ1v) is 7.13. The molecule has 3 amide bonds. The Labute approximate surface area is 128 Å². The lowest BCUT2D eigenvalue weighted by Crippen LogP contribution is -2.42. The van der Waals surface area contributed by atoms with Crippen LogP contribution < -0.4 is 21.1 Å². The Bertz CT molecular complexity index is 546. The molecule has 0 spiro atoms. The Morgan fingerprint density at radius 1 is 1.48 bits per heavy atom. The molecule has 1 aromatic carbocycles. The molecule has 0 bridgehead atoms. The van der Waals surface area contributed by atoms with E-state index in [-0.39, 0.29) is 0 Å². The number of nitrogens with two attached hydrogens (primary N) is 1. The number of carbonyl (C=O) groups is 2. The lowest BCUT2D eigenvalue weighted by molar-refractivity contribution is -0.126. The summed E-state index contributed by atoms with van der Waals surface area (Å²) in [4.78, 5) is 22.3. The first-order chi connectivity index (χ1) is 9.97. The maximum atomic E-state index is 11.7. The number of hydrogen-bond donors (Lipinski definition) is 3. The molecular weight excluding hydrogens is 294 g/mol. The number of para-hydroxylation sites is 1. The molecule has 0 aliphatic heterocycles. The molecular formula is C14H18ClN3O3. The van der Waals surface area contributed by atoms with Gasteiger partial charge in [0.15, 0.2) is 6.10 Å². The van der Waals surface area contributed by atoms with Crippen LogP contribution in [0.25, 0.3) is 0 Å². The van der Waals surface area contributed by atoms with Crippen LogP contribution in [0.1, 0.15) is 25.3 Å². The minimum atomic E-state index is -0.912. The zero-order valence-electron chi connectivity index (χ0n) is 11.7. The monoisotopic (exact) mass is 311 g/mol. The van der Waals surface area contributed by atoms with Crippen molar-refractivity contribution in [1.82, 2.24) is 10.6 Å². The minimum Gasteiger partial charge on any atom is -0.479 e. The van der Waals surface area contributed by atoms with E-state index >= 15 is 0 Å². The van der Waals surface area contributed by atoms with Gasteiger partial charge < -0.3 is 15.8 Å². The third kappa shape index (κ3) is 4.61. The smallest absolute Gasteiger partial charge is 0.318 e. The van der Waals surface area contributed by atoms with Gasteiger partial charge in [0.05, 0.1) is 5.02 Å². The van der Waals surface area contributed by atoms with Gasteiger partial charge in [0.2, 0.25) is 0 Å². The fraction of sp³-hybridized carbons (Fsp3) is 0.429. The molecule has 21 heavy (non-hydrogen) atoms. The molecule has 6 nitrogen and oxygen atoms in total. The Morgan fingerprint density at radius 3 is 2.81 bits per heavy atom. The maximum Gasteiger partial charge on any atom is 0.318 e. The fourth-order valence-electron chi connectivity index (χ4n) is 1.82. The number of amides is 3. The predicted octanol–water partition coefficient (Wildman–Crippen LogP) is 1.55. The highest BCUT2D eigenvalue weighted by Gasteiger charge is 2.22. The number of imide groups is 1. The second-order valence-electron chi connectivity index (χ2n) is 5.00. The number of ether oxygens (including phenoxy) is 1. The van der Waals surface area contributed by atoms with Gasteiger partial charge in [-0.1, -0.05) is 23.7 Å². The van der Waals surface area contributed by atoms with Crippen LogP contribution in [-0.2, 0) is 11.3 Å². The number of primary amides is 1. The second-order valence-corrected chi connectivity index (χ2v) is 5.40.